The van der Waals surface area contributed by atoms with Crippen LogP contribution < -0.4 is 0 Å². The molecule has 0 amide bonds. The van der Waals surface area contributed by atoms with Crippen LogP contribution in [0.4, 0.5) is 0 Å². The third-order valence-corrected chi connectivity index (χ3v) is 4.64. The Hall–Kier alpha value is -5.51. The molecule has 0 spiro atoms. The molecule has 10 heteroatoms. The Morgan fingerprint density at radius 1 is 0.558 bits per heavy atom. The van der Waals surface area contributed by atoms with Crippen molar-refractivity contribution in [2.75, 3.05) is 19.8 Å². The van der Waals surface area contributed by atoms with Gasteiger partial charge in [0, 0.05) is 29.4 Å². The monoisotopic (exact) mass is 724 g/mol. The fourth-order valence-electron chi connectivity index (χ4n) is 2.35. The standard InChI is InChI=1S/C11H12O2.C10H10O2.2C6H10O2.C5H8O2.C4H10/c1-9(2)11(12)13-8-10-6-4-3-5-7-10;1-2-10(11)12-8-9-6-4-3-5-7-9;1-4-8-6(7)5(2)3;1-3-5-8-6(7)4-2;1-3-5(6)7-4-2;1-4(2)3/h3-7H,1,8H2,2H3;2-7H,1,8H2;2,4H2,1,3H3;4H,2-3,5H2,1H3;3H,1,4H2,2H3;4H,1-3H3. The molecule has 52 heavy (non-hydrogen) atoms. The van der Waals surface area contributed by atoms with Crippen molar-refractivity contribution in [2.24, 2.45) is 5.92 Å². The zero-order valence-corrected chi connectivity index (χ0v) is 32.4. The van der Waals surface area contributed by atoms with Crippen molar-refractivity contribution in [3.63, 3.8) is 0 Å². The average Bonchev–Trinajstić information content (AvgIpc) is 3.13. The van der Waals surface area contributed by atoms with Crippen LogP contribution in [0.3, 0.4) is 0 Å². The molecule has 0 aliphatic carbocycles. The Balaban J connectivity index is -0.000000275. The van der Waals surface area contributed by atoms with Crippen LogP contribution in [0.2, 0.25) is 0 Å². The van der Waals surface area contributed by atoms with Crippen LogP contribution in [0.25, 0.3) is 0 Å². The number of benzene rings is 2. The van der Waals surface area contributed by atoms with Crippen molar-refractivity contribution in [1.82, 2.24) is 0 Å². The van der Waals surface area contributed by atoms with Gasteiger partial charge in [-0.25, -0.2) is 24.0 Å². The van der Waals surface area contributed by atoms with E-state index in [-0.39, 0.29) is 29.8 Å². The van der Waals surface area contributed by atoms with E-state index in [0.29, 0.717) is 44.2 Å². The molecule has 0 aromatic heterocycles. The zero-order valence-electron chi connectivity index (χ0n) is 32.4. The average molecular weight is 725 g/mol. The summed E-state index contributed by atoms with van der Waals surface area (Å²) in [6, 6.07) is 19.1. The first kappa shape index (κ1) is 53.3. The maximum Gasteiger partial charge on any atom is 0.333 e. The van der Waals surface area contributed by atoms with E-state index in [1.165, 1.54) is 0 Å². The van der Waals surface area contributed by atoms with Gasteiger partial charge in [0.1, 0.15) is 13.2 Å². The van der Waals surface area contributed by atoms with E-state index < -0.39 is 0 Å². The molecule has 0 heterocycles. The Bertz CT molecular complexity index is 1310. The minimum absolute atomic E-state index is 0.311. The maximum absolute atomic E-state index is 11.0. The van der Waals surface area contributed by atoms with Crippen LogP contribution in [0, 0.1) is 5.92 Å². The Morgan fingerprint density at radius 3 is 1.17 bits per heavy atom. The SMILES string of the molecule is C=C(C)C(=O)OCC.C=C(C)C(=O)OCc1ccccc1.C=CC(=O)OCC.C=CC(=O)OCCC.C=CC(=O)OCc1ccccc1.CC(C)C. The predicted octanol–water partition coefficient (Wildman–Crippen LogP) is 8.87. The number of ether oxygens (including phenoxy) is 5. The highest BCUT2D eigenvalue weighted by Gasteiger charge is 2.02. The molecule has 2 rings (SSSR count). The van der Waals surface area contributed by atoms with Gasteiger partial charge in [0.25, 0.3) is 0 Å². The highest BCUT2D eigenvalue weighted by atomic mass is 16.5. The van der Waals surface area contributed by atoms with E-state index >= 15 is 0 Å². The first-order valence-electron chi connectivity index (χ1n) is 16.7. The van der Waals surface area contributed by atoms with Crippen LogP contribution in [-0.4, -0.2) is 49.7 Å². The van der Waals surface area contributed by atoms with Crippen LogP contribution in [0.5, 0.6) is 0 Å². The molecule has 10 nitrogen and oxygen atoms in total. The minimum Gasteiger partial charge on any atom is -0.463 e. The molecule has 0 fully saturated rings. The van der Waals surface area contributed by atoms with Gasteiger partial charge in [0.15, 0.2) is 0 Å². The second-order valence-electron chi connectivity index (χ2n) is 10.7. The van der Waals surface area contributed by atoms with E-state index in [1.54, 1.807) is 27.7 Å². The van der Waals surface area contributed by atoms with Crippen molar-refractivity contribution in [3.05, 3.63) is 134 Å². The number of hydrogen-bond acceptors (Lipinski definition) is 10. The fraction of sp³-hybridized carbons (Fsp3) is 0.357. The maximum atomic E-state index is 11.0. The largest absolute Gasteiger partial charge is 0.463 e. The normalized spacial score (nSPS) is 8.63. The van der Waals surface area contributed by atoms with E-state index in [1.807, 2.05) is 67.6 Å². The number of rotatable bonds is 13. The topological polar surface area (TPSA) is 132 Å². The first-order chi connectivity index (χ1) is 24.6. The molecular weight excluding hydrogens is 664 g/mol. The quantitative estimate of drug-likeness (QED) is 0.112. The molecule has 0 bridgehead atoms. The number of carbonyl (C=O) groups excluding carboxylic acids is 5. The summed E-state index contributed by atoms with van der Waals surface area (Å²) in [5.41, 5.74) is 2.84. The minimum atomic E-state index is -0.390. The Labute approximate surface area is 311 Å². The molecule has 0 N–H and O–H groups in total. The highest BCUT2D eigenvalue weighted by Crippen LogP contribution is 2.03. The van der Waals surface area contributed by atoms with Crippen molar-refractivity contribution >= 4 is 29.8 Å². The molecule has 2 aromatic carbocycles. The lowest BCUT2D eigenvalue weighted by Crippen LogP contribution is -2.04. The first-order valence-corrected chi connectivity index (χ1v) is 16.7. The molecule has 0 aliphatic heterocycles. The summed E-state index contributed by atoms with van der Waals surface area (Å²) < 4.78 is 23.4. The van der Waals surface area contributed by atoms with Crippen LogP contribution in [-0.2, 0) is 60.9 Å². The molecule has 2 aromatic rings. The van der Waals surface area contributed by atoms with Gasteiger partial charge in [-0.05, 0) is 51.2 Å². The van der Waals surface area contributed by atoms with Gasteiger partial charge in [-0.1, -0.05) is 121 Å². The van der Waals surface area contributed by atoms with Gasteiger partial charge in [0.05, 0.1) is 19.8 Å². The van der Waals surface area contributed by atoms with Crippen LogP contribution >= 0.6 is 0 Å². The smallest absolute Gasteiger partial charge is 0.333 e. The van der Waals surface area contributed by atoms with Crippen molar-refractivity contribution in [3.8, 4) is 0 Å². The second kappa shape index (κ2) is 38.3. The summed E-state index contributed by atoms with van der Waals surface area (Å²) in [4.78, 5) is 52.4. The Morgan fingerprint density at radius 2 is 0.885 bits per heavy atom. The van der Waals surface area contributed by atoms with Gasteiger partial charge in [-0.3, -0.25) is 0 Å². The van der Waals surface area contributed by atoms with E-state index in [4.69, 9.17) is 9.47 Å². The van der Waals surface area contributed by atoms with Gasteiger partial charge in [-0.15, -0.1) is 0 Å². The molecule has 0 saturated heterocycles. The van der Waals surface area contributed by atoms with Gasteiger partial charge in [0.2, 0.25) is 0 Å². The predicted molar refractivity (Wildman–Crippen MR) is 208 cm³/mol. The van der Waals surface area contributed by atoms with E-state index in [9.17, 15) is 24.0 Å². The van der Waals surface area contributed by atoms with Gasteiger partial charge in [-0.2, -0.15) is 0 Å². The molecule has 0 saturated carbocycles. The van der Waals surface area contributed by atoms with Crippen molar-refractivity contribution < 1.29 is 47.7 Å². The van der Waals surface area contributed by atoms with Crippen molar-refractivity contribution in [1.29, 1.82) is 0 Å². The lowest BCUT2D eigenvalue weighted by Gasteiger charge is -2.03. The molecule has 288 valence electrons. The molecule has 0 unspecified atom stereocenters. The fourth-order valence-corrected chi connectivity index (χ4v) is 2.35. The molecule has 0 radical (unpaired) electrons. The summed E-state index contributed by atoms with van der Waals surface area (Å²) in [6.07, 6.45) is 4.32. The number of hydrogen-bond donors (Lipinski definition) is 0. The summed E-state index contributed by atoms with van der Waals surface area (Å²) in [7, 11) is 0. The molecule has 0 aliphatic rings. The summed E-state index contributed by atoms with van der Waals surface area (Å²) in [6.45, 7) is 33.8. The molecular formula is C42H60O10. The van der Waals surface area contributed by atoms with Crippen LogP contribution in [0.15, 0.2) is 123 Å². The highest BCUT2D eigenvalue weighted by molar-refractivity contribution is 5.87. The van der Waals surface area contributed by atoms with Crippen LogP contribution in [0.1, 0.15) is 72.9 Å². The second-order valence-corrected chi connectivity index (χ2v) is 10.7. The van der Waals surface area contributed by atoms with Gasteiger partial charge >= 0.3 is 29.8 Å². The van der Waals surface area contributed by atoms with E-state index in [0.717, 1.165) is 41.7 Å². The zero-order chi connectivity index (χ0) is 40.7. The lowest BCUT2D eigenvalue weighted by atomic mass is 10.2. The van der Waals surface area contributed by atoms with E-state index in [2.05, 4.69) is 67.9 Å². The number of carbonyl (C=O) groups is 5. The third-order valence-electron chi connectivity index (χ3n) is 4.64. The summed E-state index contributed by atoms with van der Waals surface area (Å²) in [5, 5.41) is 0. The van der Waals surface area contributed by atoms with Gasteiger partial charge < -0.3 is 23.7 Å². The third kappa shape index (κ3) is 42.5. The summed E-state index contributed by atoms with van der Waals surface area (Å²) in [5.74, 6) is -0.912. The number of esters is 5. The lowest BCUT2D eigenvalue weighted by molar-refractivity contribution is -0.140. The molecule has 0 atom stereocenters. The summed E-state index contributed by atoms with van der Waals surface area (Å²) >= 11 is 0. The Kier molecular flexibility index (Phi) is 39.2. The van der Waals surface area contributed by atoms with Crippen molar-refractivity contribution in [2.45, 2.75) is 75.0 Å².